The second kappa shape index (κ2) is 6.08. The number of hydrogen-bond donors (Lipinski definition) is 1. The summed E-state index contributed by atoms with van der Waals surface area (Å²) >= 11 is 0. The lowest BCUT2D eigenvalue weighted by molar-refractivity contribution is -0.135. The standard InChI is InChI=1S/C11H22N2O2/c1-3-9-5-4-6-13(7-9)11(14)10(12)8-15-2/h9-10H,3-8,12H2,1-2H3. The number of carbonyl (C=O) groups excluding carboxylic acids is 1. The molecular formula is C11H22N2O2. The Morgan fingerprint density at radius 2 is 2.40 bits per heavy atom. The largest absolute Gasteiger partial charge is 0.383 e. The molecule has 2 atom stereocenters. The monoisotopic (exact) mass is 214 g/mol. The summed E-state index contributed by atoms with van der Waals surface area (Å²) < 4.78 is 4.90. The van der Waals surface area contributed by atoms with Crippen molar-refractivity contribution in [1.29, 1.82) is 0 Å². The molecule has 0 bridgehead atoms. The van der Waals surface area contributed by atoms with Crippen LogP contribution < -0.4 is 5.73 Å². The molecule has 0 aliphatic carbocycles. The molecule has 2 unspecified atom stereocenters. The molecule has 1 fully saturated rings. The molecule has 4 nitrogen and oxygen atoms in total. The van der Waals surface area contributed by atoms with Crippen LogP contribution in [0.4, 0.5) is 0 Å². The first kappa shape index (κ1) is 12.5. The highest BCUT2D eigenvalue weighted by Crippen LogP contribution is 2.19. The van der Waals surface area contributed by atoms with E-state index in [1.54, 1.807) is 7.11 Å². The molecule has 0 saturated carbocycles. The number of carbonyl (C=O) groups is 1. The highest BCUT2D eigenvalue weighted by molar-refractivity contribution is 5.81. The van der Waals surface area contributed by atoms with E-state index in [0.29, 0.717) is 12.5 Å². The molecule has 1 aliphatic rings. The van der Waals surface area contributed by atoms with Gasteiger partial charge in [0.1, 0.15) is 6.04 Å². The molecule has 0 aromatic heterocycles. The first-order valence-electron chi connectivity index (χ1n) is 5.72. The summed E-state index contributed by atoms with van der Waals surface area (Å²) in [6.45, 7) is 4.21. The third kappa shape index (κ3) is 3.47. The van der Waals surface area contributed by atoms with Crippen LogP contribution in [-0.2, 0) is 9.53 Å². The smallest absolute Gasteiger partial charge is 0.241 e. The van der Waals surface area contributed by atoms with Crippen molar-refractivity contribution in [3.63, 3.8) is 0 Å². The molecule has 1 heterocycles. The van der Waals surface area contributed by atoms with Gasteiger partial charge in [0.2, 0.25) is 5.91 Å². The number of hydrogen-bond acceptors (Lipinski definition) is 3. The minimum atomic E-state index is -0.495. The van der Waals surface area contributed by atoms with E-state index in [1.807, 2.05) is 4.90 Å². The second-order valence-electron chi connectivity index (χ2n) is 4.26. The van der Waals surface area contributed by atoms with Gasteiger partial charge in [-0.3, -0.25) is 4.79 Å². The van der Waals surface area contributed by atoms with Gasteiger partial charge >= 0.3 is 0 Å². The lowest BCUT2D eigenvalue weighted by atomic mass is 9.95. The number of likely N-dealkylation sites (tertiary alicyclic amines) is 1. The van der Waals surface area contributed by atoms with Crippen LogP contribution in [0, 0.1) is 5.92 Å². The predicted octanol–water partition coefficient (Wildman–Crippen LogP) is 0.609. The Bertz CT molecular complexity index is 209. The van der Waals surface area contributed by atoms with Gasteiger partial charge in [-0.1, -0.05) is 13.3 Å². The number of nitrogens with two attached hydrogens (primary N) is 1. The van der Waals surface area contributed by atoms with Gasteiger partial charge in [-0.05, 0) is 18.8 Å². The third-order valence-electron chi connectivity index (χ3n) is 3.07. The molecule has 4 heteroatoms. The van der Waals surface area contributed by atoms with Gasteiger partial charge in [0.15, 0.2) is 0 Å². The third-order valence-corrected chi connectivity index (χ3v) is 3.07. The Balaban J connectivity index is 2.44. The van der Waals surface area contributed by atoms with Crippen molar-refractivity contribution in [3.05, 3.63) is 0 Å². The van der Waals surface area contributed by atoms with Gasteiger partial charge in [0.25, 0.3) is 0 Å². The van der Waals surface area contributed by atoms with Crippen LogP contribution in [0.25, 0.3) is 0 Å². The first-order valence-corrected chi connectivity index (χ1v) is 5.72. The van der Waals surface area contributed by atoms with Gasteiger partial charge in [-0.15, -0.1) is 0 Å². The zero-order valence-corrected chi connectivity index (χ0v) is 9.74. The maximum Gasteiger partial charge on any atom is 0.241 e. The highest BCUT2D eigenvalue weighted by Gasteiger charge is 2.25. The Morgan fingerprint density at radius 3 is 3.00 bits per heavy atom. The molecule has 1 aliphatic heterocycles. The Kier molecular flexibility index (Phi) is 5.05. The van der Waals surface area contributed by atoms with Crippen LogP contribution in [0.15, 0.2) is 0 Å². The van der Waals surface area contributed by atoms with Crippen LogP contribution in [-0.4, -0.2) is 43.7 Å². The van der Waals surface area contributed by atoms with Gasteiger partial charge in [-0.25, -0.2) is 0 Å². The van der Waals surface area contributed by atoms with Crippen molar-refractivity contribution in [1.82, 2.24) is 4.90 Å². The molecule has 0 radical (unpaired) electrons. The minimum Gasteiger partial charge on any atom is -0.383 e. The summed E-state index contributed by atoms with van der Waals surface area (Å²) in [6, 6.07) is -0.495. The topological polar surface area (TPSA) is 55.6 Å². The van der Waals surface area contributed by atoms with E-state index in [4.69, 9.17) is 10.5 Å². The predicted molar refractivity (Wildman–Crippen MR) is 59.4 cm³/mol. The number of ether oxygens (including phenoxy) is 1. The first-order chi connectivity index (χ1) is 7.19. The molecule has 0 aromatic carbocycles. The molecule has 88 valence electrons. The highest BCUT2D eigenvalue weighted by atomic mass is 16.5. The number of amides is 1. The number of methoxy groups -OCH3 is 1. The quantitative estimate of drug-likeness (QED) is 0.746. The van der Waals surface area contributed by atoms with E-state index in [1.165, 1.54) is 6.42 Å². The van der Waals surface area contributed by atoms with Crippen molar-refractivity contribution in [2.24, 2.45) is 11.7 Å². The maximum absolute atomic E-state index is 11.9. The normalized spacial score (nSPS) is 23.9. The van der Waals surface area contributed by atoms with Crippen molar-refractivity contribution >= 4 is 5.91 Å². The van der Waals surface area contributed by atoms with Gasteiger partial charge in [-0.2, -0.15) is 0 Å². The molecule has 1 rings (SSSR count). The summed E-state index contributed by atoms with van der Waals surface area (Å²) in [5.74, 6) is 0.687. The summed E-state index contributed by atoms with van der Waals surface area (Å²) in [7, 11) is 1.57. The summed E-state index contributed by atoms with van der Waals surface area (Å²) in [5, 5.41) is 0. The molecular weight excluding hydrogens is 192 g/mol. The average Bonchev–Trinajstić information content (AvgIpc) is 2.28. The Morgan fingerprint density at radius 1 is 1.67 bits per heavy atom. The fourth-order valence-electron chi connectivity index (χ4n) is 2.08. The van der Waals surface area contributed by atoms with Gasteiger partial charge in [0, 0.05) is 20.2 Å². The lowest BCUT2D eigenvalue weighted by Crippen LogP contribution is -2.49. The van der Waals surface area contributed by atoms with E-state index >= 15 is 0 Å². The van der Waals surface area contributed by atoms with Crippen LogP contribution in [0.1, 0.15) is 26.2 Å². The van der Waals surface area contributed by atoms with Crippen molar-refractivity contribution < 1.29 is 9.53 Å². The molecule has 1 amide bonds. The lowest BCUT2D eigenvalue weighted by Gasteiger charge is -2.33. The summed E-state index contributed by atoms with van der Waals surface area (Å²) in [6.07, 6.45) is 3.48. The van der Waals surface area contributed by atoms with Crippen LogP contribution in [0.5, 0.6) is 0 Å². The Labute approximate surface area is 91.8 Å². The molecule has 15 heavy (non-hydrogen) atoms. The number of rotatable bonds is 4. The van der Waals surface area contributed by atoms with E-state index in [9.17, 15) is 4.79 Å². The van der Waals surface area contributed by atoms with E-state index in [2.05, 4.69) is 6.92 Å². The van der Waals surface area contributed by atoms with E-state index < -0.39 is 6.04 Å². The average molecular weight is 214 g/mol. The number of nitrogens with zero attached hydrogens (tertiary/aromatic N) is 1. The van der Waals surface area contributed by atoms with Crippen LogP contribution >= 0.6 is 0 Å². The van der Waals surface area contributed by atoms with Crippen molar-refractivity contribution in [3.8, 4) is 0 Å². The van der Waals surface area contributed by atoms with Crippen molar-refractivity contribution in [2.45, 2.75) is 32.2 Å². The zero-order valence-electron chi connectivity index (χ0n) is 9.74. The molecule has 2 N–H and O–H groups in total. The van der Waals surface area contributed by atoms with Gasteiger partial charge < -0.3 is 15.4 Å². The fourth-order valence-corrected chi connectivity index (χ4v) is 2.08. The van der Waals surface area contributed by atoms with Gasteiger partial charge in [0.05, 0.1) is 6.61 Å². The van der Waals surface area contributed by atoms with E-state index in [-0.39, 0.29) is 5.91 Å². The molecule has 1 saturated heterocycles. The number of piperidine rings is 1. The van der Waals surface area contributed by atoms with E-state index in [0.717, 1.165) is 25.9 Å². The molecule has 0 spiro atoms. The molecule has 0 aromatic rings. The Hall–Kier alpha value is -0.610. The summed E-state index contributed by atoms with van der Waals surface area (Å²) in [5.41, 5.74) is 5.73. The second-order valence-corrected chi connectivity index (χ2v) is 4.26. The van der Waals surface area contributed by atoms with Crippen LogP contribution in [0.2, 0.25) is 0 Å². The zero-order chi connectivity index (χ0) is 11.3. The minimum absolute atomic E-state index is 0.0370. The van der Waals surface area contributed by atoms with Crippen molar-refractivity contribution in [2.75, 3.05) is 26.8 Å². The SMILES string of the molecule is CCC1CCCN(C(=O)C(N)COC)C1. The maximum atomic E-state index is 11.9. The fraction of sp³-hybridized carbons (Fsp3) is 0.909. The van der Waals surface area contributed by atoms with Crippen LogP contribution in [0.3, 0.4) is 0 Å². The summed E-state index contributed by atoms with van der Waals surface area (Å²) in [4.78, 5) is 13.8.